The Bertz CT molecular complexity index is 584. The van der Waals surface area contributed by atoms with Gasteiger partial charge in [-0.05, 0) is 29.7 Å². The molecule has 0 heterocycles. The molecular weight excluding hydrogens is 244 g/mol. The summed E-state index contributed by atoms with van der Waals surface area (Å²) in [6, 6.07) is 19.8. The molecule has 1 nitrogen and oxygen atoms in total. The van der Waals surface area contributed by atoms with Gasteiger partial charge in [0.05, 0.1) is 0 Å². The molecule has 0 fully saturated rings. The molecule has 0 bridgehead atoms. The fourth-order valence-corrected chi connectivity index (χ4v) is 2.35. The summed E-state index contributed by atoms with van der Waals surface area (Å²) in [6.45, 7) is 5.78. The van der Waals surface area contributed by atoms with Gasteiger partial charge in [0.15, 0.2) is 0 Å². The summed E-state index contributed by atoms with van der Waals surface area (Å²) < 4.78 is 0. The first-order valence-electron chi connectivity index (χ1n) is 6.79. The third-order valence-electron chi connectivity index (χ3n) is 3.41. The summed E-state index contributed by atoms with van der Waals surface area (Å²) >= 11 is 0. The van der Waals surface area contributed by atoms with E-state index in [0.717, 1.165) is 16.7 Å². The molecule has 102 valence electrons. The van der Waals surface area contributed by atoms with E-state index in [2.05, 4.69) is 6.58 Å². The predicted molar refractivity (Wildman–Crippen MR) is 85.2 cm³/mol. The van der Waals surface area contributed by atoms with Gasteiger partial charge in [-0.1, -0.05) is 66.7 Å². The zero-order chi connectivity index (χ0) is 14.4. The Morgan fingerprint density at radius 1 is 1.05 bits per heavy atom. The van der Waals surface area contributed by atoms with Crippen molar-refractivity contribution in [1.29, 1.82) is 0 Å². The van der Waals surface area contributed by atoms with Gasteiger partial charge in [-0.25, -0.2) is 0 Å². The summed E-state index contributed by atoms with van der Waals surface area (Å²) in [4.78, 5) is 0. The van der Waals surface area contributed by atoms with E-state index in [0.29, 0.717) is 6.42 Å². The summed E-state index contributed by atoms with van der Waals surface area (Å²) in [5, 5.41) is 11.0. The van der Waals surface area contributed by atoms with E-state index >= 15 is 0 Å². The Morgan fingerprint density at radius 3 is 2.15 bits per heavy atom. The van der Waals surface area contributed by atoms with E-state index in [1.54, 1.807) is 6.08 Å². The van der Waals surface area contributed by atoms with Crippen molar-refractivity contribution in [2.24, 2.45) is 0 Å². The van der Waals surface area contributed by atoms with Crippen LogP contribution >= 0.6 is 0 Å². The minimum atomic E-state index is -1.01. The van der Waals surface area contributed by atoms with Crippen LogP contribution < -0.4 is 0 Å². The predicted octanol–water partition coefficient (Wildman–Crippen LogP) is 4.55. The maximum absolute atomic E-state index is 11.0. The van der Waals surface area contributed by atoms with Gasteiger partial charge in [-0.2, -0.15) is 0 Å². The lowest BCUT2D eigenvalue weighted by molar-refractivity contribution is 0.0934. The van der Waals surface area contributed by atoms with Crippen LogP contribution in [-0.2, 0) is 5.60 Å². The lowest BCUT2D eigenvalue weighted by Gasteiger charge is -2.25. The highest BCUT2D eigenvalue weighted by Gasteiger charge is 2.25. The molecule has 0 saturated heterocycles. The highest BCUT2D eigenvalue weighted by atomic mass is 16.3. The smallest absolute Gasteiger partial charge is 0.112 e. The van der Waals surface area contributed by atoms with Crippen LogP contribution in [0, 0.1) is 0 Å². The Hall–Kier alpha value is -2.12. The Morgan fingerprint density at radius 2 is 1.60 bits per heavy atom. The maximum Gasteiger partial charge on any atom is 0.112 e. The Labute approximate surface area is 120 Å². The number of rotatable bonds is 5. The summed E-state index contributed by atoms with van der Waals surface area (Å²) in [5.41, 5.74) is 2.04. The SMILES string of the molecule is C=CCC(O)(/C=C(/C)c1ccccc1)c1ccccc1. The van der Waals surface area contributed by atoms with Crippen LogP contribution in [0.5, 0.6) is 0 Å². The van der Waals surface area contributed by atoms with Gasteiger partial charge >= 0.3 is 0 Å². The number of allylic oxidation sites excluding steroid dienone is 1. The lowest BCUT2D eigenvalue weighted by Crippen LogP contribution is -2.22. The first kappa shape index (κ1) is 14.3. The second-order valence-electron chi connectivity index (χ2n) is 4.98. The molecule has 1 atom stereocenters. The van der Waals surface area contributed by atoms with Gasteiger partial charge in [0, 0.05) is 6.42 Å². The van der Waals surface area contributed by atoms with Crippen LogP contribution in [0.25, 0.3) is 5.57 Å². The van der Waals surface area contributed by atoms with Crippen LogP contribution in [0.1, 0.15) is 24.5 Å². The van der Waals surface area contributed by atoms with Gasteiger partial charge in [0.25, 0.3) is 0 Å². The van der Waals surface area contributed by atoms with Crippen molar-refractivity contribution >= 4 is 5.57 Å². The Kier molecular flexibility index (Phi) is 4.54. The largest absolute Gasteiger partial charge is 0.381 e. The molecule has 0 spiro atoms. The van der Waals surface area contributed by atoms with E-state index < -0.39 is 5.60 Å². The van der Waals surface area contributed by atoms with Crippen LogP contribution in [0.3, 0.4) is 0 Å². The molecule has 1 unspecified atom stereocenters. The van der Waals surface area contributed by atoms with Crippen molar-refractivity contribution in [3.8, 4) is 0 Å². The second-order valence-corrected chi connectivity index (χ2v) is 4.98. The lowest BCUT2D eigenvalue weighted by atomic mass is 9.87. The molecule has 0 aliphatic heterocycles. The highest BCUT2D eigenvalue weighted by Crippen LogP contribution is 2.30. The quantitative estimate of drug-likeness (QED) is 0.785. The average Bonchev–Trinajstić information content (AvgIpc) is 2.49. The molecular formula is C19H20O. The fourth-order valence-electron chi connectivity index (χ4n) is 2.35. The molecule has 20 heavy (non-hydrogen) atoms. The van der Waals surface area contributed by atoms with Gasteiger partial charge in [-0.3, -0.25) is 0 Å². The molecule has 0 radical (unpaired) electrons. The molecule has 2 aromatic carbocycles. The zero-order valence-corrected chi connectivity index (χ0v) is 11.8. The van der Waals surface area contributed by atoms with Crippen molar-refractivity contribution in [2.75, 3.05) is 0 Å². The number of hydrogen-bond donors (Lipinski definition) is 1. The molecule has 1 heteroatoms. The molecule has 0 aliphatic carbocycles. The number of benzene rings is 2. The van der Waals surface area contributed by atoms with E-state index in [9.17, 15) is 5.11 Å². The minimum absolute atomic E-state index is 0.487. The number of hydrogen-bond acceptors (Lipinski definition) is 1. The molecule has 0 aliphatic rings. The Balaban J connectivity index is 2.41. The summed E-state index contributed by atoms with van der Waals surface area (Å²) in [6.07, 6.45) is 4.16. The van der Waals surface area contributed by atoms with E-state index in [-0.39, 0.29) is 0 Å². The molecule has 0 aromatic heterocycles. The maximum atomic E-state index is 11.0. The minimum Gasteiger partial charge on any atom is -0.381 e. The van der Waals surface area contributed by atoms with Crippen molar-refractivity contribution in [2.45, 2.75) is 18.9 Å². The zero-order valence-electron chi connectivity index (χ0n) is 11.8. The van der Waals surface area contributed by atoms with Gasteiger partial charge in [0.2, 0.25) is 0 Å². The molecule has 2 aromatic rings. The van der Waals surface area contributed by atoms with Gasteiger partial charge < -0.3 is 5.11 Å². The molecule has 1 N–H and O–H groups in total. The normalized spacial score (nSPS) is 14.6. The highest BCUT2D eigenvalue weighted by molar-refractivity contribution is 5.65. The van der Waals surface area contributed by atoms with E-state index in [1.807, 2.05) is 73.7 Å². The topological polar surface area (TPSA) is 20.2 Å². The molecule has 0 saturated carbocycles. The summed E-state index contributed by atoms with van der Waals surface area (Å²) in [7, 11) is 0. The van der Waals surface area contributed by atoms with Crippen molar-refractivity contribution < 1.29 is 5.11 Å². The van der Waals surface area contributed by atoms with Crippen molar-refractivity contribution in [3.63, 3.8) is 0 Å². The van der Waals surface area contributed by atoms with E-state index in [4.69, 9.17) is 0 Å². The van der Waals surface area contributed by atoms with Gasteiger partial charge in [-0.15, -0.1) is 6.58 Å². The van der Waals surface area contributed by atoms with Crippen LogP contribution in [0.2, 0.25) is 0 Å². The van der Waals surface area contributed by atoms with Crippen molar-refractivity contribution in [1.82, 2.24) is 0 Å². The standard InChI is InChI=1S/C19H20O/c1-3-14-19(20,18-12-8-5-9-13-18)15-16(2)17-10-6-4-7-11-17/h3-13,15,20H,1,14H2,2H3/b16-15-. The third kappa shape index (κ3) is 3.25. The van der Waals surface area contributed by atoms with Crippen LogP contribution in [0.4, 0.5) is 0 Å². The first-order valence-corrected chi connectivity index (χ1v) is 6.79. The summed E-state index contributed by atoms with van der Waals surface area (Å²) in [5.74, 6) is 0. The van der Waals surface area contributed by atoms with Crippen molar-refractivity contribution in [3.05, 3.63) is 90.5 Å². The first-order chi connectivity index (χ1) is 9.65. The third-order valence-corrected chi connectivity index (χ3v) is 3.41. The number of aliphatic hydroxyl groups is 1. The second kappa shape index (κ2) is 6.36. The molecule has 0 amide bonds. The monoisotopic (exact) mass is 264 g/mol. The molecule has 2 rings (SSSR count). The van der Waals surface area contributed by atoms with E-state index in [1.165, 1.54) is 0 Å². The van der Waals surface area contributed by atoms with Crippen LogP contribution in [0.15, 0.2) is 79.4 Å². The van der Waals surface area contributed by atoms with Gasteiger partial charge in [0.1, 0.15) is 5.60 Å². The van der Waals surface area contributed by atoms with Crippen LogP contribution in [-0.4, -0.2) is 5.11 Å². The fraction of sp³-hybridized carbons (Fsp3) is 0.158. The average molecular weight is 264 g/mol.